The largest absolute Gasteiger partial charge is 0.508 e. The predicted octanol–water partition coefficient (Wildman–Crippen LogP) is 18.5. The highest BCUT2D eigenvalue weighted by molar-refractivity contribution is 5.74. The quantitative estimate of drug-likeness (QED) is 0.0218. The Morgan fingerprint density at radius 2 is 0.758 bits per heavy atom. The summed E-state index contributed by atoms with van der Waals surface area (Å²) in [5, 5.41) is 8.82. The Balaban J connectivity index is 0.000000574. The molecule has 0 radical (unpaired) electrons. The number of hydrogen-bond donors (Lipinski definition) is 1. The molecule has 6 aromatic carbocycles. The Kier molecular flexibility index (Phi) is 54.1. The number of para-hydroxylation sites is 1. The van der Waals surface area contributed by atoms with Gasteiger partial charge in [-0.3, -0.25) is 19.2 Å². The maximum atomic E-state index is 11.8. The Morgan fingerprint density at radius 3 is 1.22 bits per heavy atom. The molecule has 15 nitrogen and oxygen atoms in total. The van der Waals surface area contributed by atoms with Crippen LogP contribution in [-0.4, -0.2) is 80.2 Å². The number of benzene rings is 6. The van der Waals surface area contributed by atoms with Gasteiger partial charge in [-0.15, -0.1) is 0 Å². The summed E-state index contributed by atoms with van der Waals surface area (Å²) in [4.78, 5) is 67.2. The molecule has 1 N–H and O–H groups in total. The molecule has 0 fully saturated rings. The first kappa shape index (κ1) is 84.7. The molecule has 15 heteroatoms. The van der Waals surface area contributed by atoms with Crippen LogP contribution >= 0.6 is 0 Å². The lowest BCUT2D eigenvalue weighted by atomic mass is 10.00. The van der Waals surface area contributed by atoms with E-state index >= 15 is 0 Å². The second-order valence-corrected chi connectivity index (χ2v) is 22.3. The normalized spacial score (nSPS) is 10.7. The number of carbonyl (C=O) groups excluding carboxylic acids is 6. The van der Waals surface area contributed by atoms with Gasteiger partial charge in [0.15, 0.2) is 0 Å². The fraction of sp³-hybridized carbons (Fsp3) is 0.475. The Labute approximate surface area is 568 Å². The molecule has 0 saturated carbocycles. The van der Waals surface area contributed by atoms with Gasteiger partial charge in [0.2, 0.25) is 0 Å². The summed E-state index contributed by atoms with van der Waals surface area (Å²) in [5.74, 6) is -0.109. The first-order valence-corrected chi connectivity index (χ1v) is 34.4. The van der Waals surface area contributed by atoms with Crippen molar-refractivity contribution in [3.63, 3.8) is 0 Å². The van der Waals surface area contributed by atoms with Gasteiger partial charge in [0.1, 0.15) is 44.9 Å². The summed E-state index contributed by atoms with van der Waals surface area (Å²) in [6.07, 6.45) is 19.3. The Morgan fingerprint density at radius 1 is 0.347 bits per heavy atom. The number of aliphatic hydroxyl groups excluding tert-OH is 1. The lowest BCUT2D eigenvalue weighted by Crippen LogP contribution is -2.18. The molecule has 0 aliphatic carbocycles. The Bertz CT molecular complexity index is 2770. The monoisotopic (exact) mass is 1310 g/mol. The molecule has 0 bridgehead atoms. The molecule has 6 aromatic rings. The minimum atomic E-state index is -1.05. The van der Waals surface area contributed by atoms with Crippen LogP contribution in [-0.2, 0) is 89.8 Å². The van der Waals surface area contributed by atoms with E-state index < -0.39 is 18.2 Å². The summed E-state index contributed by atoms with van der Waals surface area (Å²) in [6, 6.07) is 58.3. The van der Waals surface area contributed by atoms with Crippen LogP contribution < -0.4 is 4.74 Å². The fourth-order valence-electron chi connectivity index (χ4n) is 8.44. The average Bonchev–Trinajstić information content (AvgIpc) is 3.72. The third-order valence-corrected chi connectivity index (χ3v) is 14.0. The molecule has 0 aliphatic heterocycles. The van der Waals surface area contributed by atoms with Crippen molar-refractivity contribution in [3.8, 4) is 5.75 Å². The number of unbranched alkanes of at least 4 members (excludes halogenated alkanes) is 10. The summed E-state index contributed by atoms with van der Waals surface area (Å²) >= 11 is 0. The average molecular weight is 1310 g/mol. The Hall–Kier alpha value is -8.30. The van der Waals surface area contributed by atoms with Crippen LogP contribution in [0, 0.1) is 5.92 Å². The van der Waals surface area contributed by atoms with E-state index in [2.05, 4.69) is 52.0 Å². The summed E-state index contributed by atoms with van der Waals surface area (Å²) in [5.41, 5.74) is 5.35. The maximum Gasteiger partial charge on any atom is 0.508 e. The molecular formula is C80H112O15. The first-order valence-electron chi connectivity index (χ1n) is 34.4. The second-order valence-electron chi connectivity index (χ2n) is 22.3. The van der Waals surface area contributed by atoms with E-state index in [9.17, 15) is 28.8 Å². The standard InChI is InChI=1S/C16H24O3.2C16H24O2.C11H14O3.C11H14O2.C10H12O3/c1-2-3-4-5-6-10-13-18-16(17)19-14-15-11-8-7-9-12-15;1-3-5-11-15(4-2)16(17)18-13-12-14-9-7-6-8-10-14;1-2-3-4-5-9-12-16(17)18-14-13-15-10-7-6-8-11-15;1-2-11(12)14-9-8-13-10-6-4-3-5-7-10;1-2-6-11(12)13-9-10-7-4-3-5-8-10;1-8(11)10(12)13-7-9-5-3-2-4-6-9/h7-9,11-12H,2-6,10,13-14H2,1H3;6-10,15H,3-5,11-13H2,1-2H3;6-8,10-11H,2-5,9,12-14H2,1H3;3-7H,2,8-9H2,1H3;3-5,7-8H,2,6,9H2,1H3;2-6,8,11H,7H2,1H3. The lowest BCUT2D eigenvalue weighted by molar-refractivity contribution is -0.154. The van der Waals surface area contributed by atoms with Crippen LogP contribution in [0.4, 0.5) is 4.79 Å². The minimum Gasteiger partial charge on any atom is -0.490 e. The van der Waals surface area contributed by atoms with Crippen molar-refractivity contribution in [2.45, 2.75) is 209 Å². The van der Waals surface area contributed by atoms with E-state index in [0.717, 1.165) is 93.1 Å². The molecular weight excluding hydrogens is 1200 g/mol. The predicted molar refractivity (Wildman–Crippen MR) is 377 cm³/mol. The molecule has 0 spiro atoms. The molecule has 2 atom stereocenters. The number of aliphatic hydroxyl groups is 1. The smallest absolute Gasteiger partial charge is 0.490 e. The van der Waals surface area contributed by atoms with Gasteiger partial charge in [0.25, 0.3) is 0 Å². The molecule has 0 saturated heterocycles. The van der Waals surface area contributed by atoms with Crippen LogP contribution in [0.2, 0.25) is 0 Å². The number of ether oxygens (including phenoxy) is 8. The molecule has 2 unspecified atom stereocenters. The van der Waals surface area contributed by atoms with Crippen molar-refractivity contribution in [2.75, 3.05) is 33.0 Å². The van der Waals surface area contributed by atoms with Crippen LogP contribution in [0.25, 0.3) is 0 Å². The van der Waals surface area contributed by atoms with Crippen LogP contribution in [0.15, 0.2) is 182 Å². The van der Waals surface area contributed by atoms with Crippen molar-refractivity contribution in [3.05, 3.63) is 210 Å². The van der Waals surface area contributed by atoms with E-state index in [-0.39, 0.29) is 43.0 Å². The van der Waals surface area contributed by atoms with Gasteiger partial charge in [-0.05, 0) is 79.0 Å². The topological polar surface area (TPSA) is 196 Å². The van der Waals surface area contributed by atoms with Crippen molar-refractivity contribution >= 4 is 36.0 Å². The zero-order valence-corrected chi connectivity index (χ0v) is 58.1. The maximum absolute atomic E-state index is 11.8. The highest BCUT2D eigenvalue weighted by Gasteiger charge is 2.17. The van der Waals surface area contributed by atoms with E-state index in [0.29, 0.717) is 58.9 Å². The fourth-order valence-corrected chi connectivity index (χ4v) is 8.44. The first-order chi connectivity index (χ1) is 46.3. The number of rotatable bonds is 38. The van der Waals surface area contributed by atoms with Crippen molar-refractivity contribution in [1.29, 1.82) is 0 Å². The van der Waals surface area contributed by atoms with Crippen LogP contribution in [0.3, 0.4) is 0 Å². The van der Waals surface area contributed by atoms with Gasteiger partial charge in [-0.25, -0.2) is 9.59 Å². The third-order valence-electron chi connectivity index (χ3n) is 14.0. The van der Waals surface area contributed by atoms with Crippen LogP contribution in [0.5, 0.6) is 5.75 Å². The zero-order valence-electron chi connectivity index (χ0n) is 58.1. The van der Waals surface area contributed by atoms with Crippen LogP contribution in [0.1, 0.15) is 198 Å². The molecule has 95 heavy (non-hydrogen) atoms. The van der Waals surface area contributed by atoms with Gasteiger partial charge in [0, 0.05) is 32.1 Å². The van der Waals surface area contributed by atoms with E-state index in [1.807, 2.05) is 165 Å². The molecule has 0 heterocycles. The van der Waals surface area contributed by atoms with Gasteiger partial charge < -0.3 is 43.0 Å². The third kappa shape index (κ3) is 50.8. The molecule has 0 aliphatic rings. The highest BCUT2D eigenvalue weighted by Crippen LogP contribution is 2.16. The van der Waals surface area contributed by atoms with Gasteiger partial charge in [-0.2, -0.15) is 0 Å². The summed E-state index contributed by atoms with van der Waals surface area (Å²) in [6.45, 7) is 16.7. The van der Waals surface area contributed by atoms with Gasteiger partial charge >= 0.3 is 36.0 Å². The van der Waals surface area contributed by atoms with Crippen molar-refractivity contribution in [1.82, 2.24) is 0 Å². The van der Waals surface area contributed by atoms with Gasteiger partial charge in [0.05, 0.1) is 25.7 Å². The summed E-state index contributed by atoms with van der Waals surface area (Å²) in [7, 11) is 0. The van der Waals surface area contributed by atoms with Crippen molar-refractivity contribution in [2.24, 2.45) is 5.92 Å². The van der Waals surface area contributed by atoms with E-state index in [4.69, 9.17) is 43.0 Å². The SMILES string of the molecule is CC(O)C(=O)OCc1ccccc1.CCC(=O)OCCOc1ccccc1.CCCC(=O)OCc1ccccc1.CCCCC(CC)C(=O)OCCc1ccccc1.CCCCCCCC(=O)OCCc1ccccc1.CCCCCCCCOC(=O)OCc1ccccc1. The number of esters is 5. The van der Waals surface area contributed by atoms with Gasteiger partial charge in [-0.1, -0.05) is 282 Å². The molecule has 0 amide bonds. The highest BCUT2D eigenvalue weighted by atomic mass is 16.7. The zero-order chi connectivity index (χ0) is 69.5. The molecule has 522 valence electrons. The van der Waals surface area contributed by atoms with E-state index in [1.165, 1.54) is 63.0 Å². The number of hydrogen-bond acceptors (Lipinski definition) is 15. The molecule has 0 aromatic heterocycles. The lowest BCUT2D eigenvalue weighted by Gasteiger charge is -2.13. The number of carbonyl (C=O) groups is 6. The van der Waals surface area contributed by atoms with E-state index in [1.54, 1.807) is 6.92 Å². The van der Waals surface area contributed by atoms with Crippen molar-refractivity contribution < 1.29 is 71.8 Å². The minimum absolute atomic E-state index is 0.0260. The summed E-state index contributed by atoms with van der Waals surface area (Å²) < 4.78 is 40.6. The molecule has 6 rings (SSSR count). The second kappa shape index (κ2) is 60.6.